The van der Waals surface area contributed by atoms with E-state index in [9.17, 15) is 9.18 Å². The number of rotatable bonds is 10. The van der Waals surface area contributed by atoms with Gasteiger partial charge in [0.25, 0.3) is 0 Å². The summed E-state index contributed by atoms with van der Waals surface area (Å²) in [6.07, 6.45) is 3.26. The SMILES string of the molecule is COc1cc(CC=O)ccc1OCCCCN1CCN(c2n[nH]c3cc(F)ccc23)CC1. The van der Waals surface area contributed by atoms with Gasteiger partial charge in [-0.3, -0.25) is 10.00 Å². The Bertz CT molecular complexity index is 1050. The van der Waals surface area contributed by atoms with Crippen LogP contribution in [0.3, 0.4) is 0 Å². The number of aldehydes is 1. The summed E-state index contributed by atoms with van der Waals surface area (Å²) in [5.74, 6) is 2.02. The molecule has 2 heterocycles. The number of H-pyrrole nitrogens is 1. The molecular formula is C24H29FN4O3. The lowest BCUT2D eigenvalue weighted by molar-refractivity contribution is -0.107. The number of anilines is 1. The predicted molar refractivity (Wildman–Crippen MR) is 122 cm³/mol. The zero-order valence-electron chi connectivity index (χ0n) is 18.3. The number of fused-ring (bicyclic) bond motifs is 1. The number of nitrogens with zero attached hydrogens (tertiary/aromatic N) is 3. The second-order valence-electron chi connectivity index (χ2n) is 7.98. The average molecular weight is 441 g/mol. The van der Waals surface area contributed by atoms with Gasteiger partial charge < -0.3 is 19.2 Å². The Kier molecular flexibility index (Phi) is 7.21. The molecule has 2 aromatic carbocycles. The molecule has 1 N–H and O–H groups in total. The fourth-order valence-corrected chi connectivity index (χ4v) is 4.08. The van der Waals surface area contributed by atoms with E-state index in [0.29, 0.717) is 24.5 Å². The van der Waals surface area contributed by atoms with Gasteiger partial charge in [0.2, 0.25) is 0 Å². The molecule has 0 spiro atoms. The minimum Gasteiger partial charge on any atom is -0.493 e. The van der Waals surface area contributed by atoms with Crippen molar-refractivity contribution in [2.75, 3.05) is 51.3 Å². The average Bonchev–Trinajstić information content (AvgIpc) is 3.23. The number of aromatic nitrogens is 2. The number of hydrogen-bond acceptors (Lipinski definition) is 6. The molecular weight excluding hydrogens is 411 g/mol. The molecule has 0 aliphatic carbocycles. The van der Waals surface area contributed by atoms with Crippen molar-refractivity contribution in [3.05, 3.63) is 47.8 Å². The van der Waals surface area contributed by atoms with E-state index in [1.807, 2.05) is 18.2 Å². The number of piperazine rings is 1. The standard InChI is InChI=1S/C24H29FN4O3/c1-31-23-16-18(8-14-30)4-7-22(23)32-15-3-2-9-28-10-12-29(13-11-28)24-20-6-5-19(25)17-21(20)26-27-24/h4-7,14,16-17H,2-3,8-13,15H2,1H3,(H,26,27). The molecule has 7 nitrogen and oxygen atoms in total. The Hall–Kier alpha value is -3.13. The number of nitrogens with one attached hydrogen (secondary N) is 1. The van der Waals surface area contributed by atoms with Gasteiger partial charge in [-0.1, -0.05) is 6.07 Å². The third-order valence-electron chi connectivity index (χ3n) is 5.85. The smallest absolute Gasteiger partial charge is 0.161 e. The molecule has 1 saturated heterocycles. The summed E-state index contributed by atoms with van der Waals surface area (Å²) in [7, 11) is 1.61. The molecule has 3 aromatic rings. The van der Waals surface area contributed by atoms with E-state index < -0.39 is 0 Å². The lowest BCUT2D eigenvalue weighted by Gasteiger charge is -2.35. The second kappa shape index (κ2) is 10.5. The number of halogens is 1. The van der Waals surface area contributed by atoms with E-state index in [0.717, 1.165) is 74.1 Å². The van der Waals surface area contributed by atoms with Crippen molar-refractivity contribution in [2.24, 2.45) is 0 Å². The molecule has 1 aliphatic rings. The zero-order chi connectivity index (χ0) is 22.3. The normalized spacial score (nSPS) is 14.6. The van der Waals surface area contributed by atoms with Crippen molar-refractivity contribution in [2.45, 2.75) is 19.3 Å². The topological polar surface area (TPSA) is 70.7 Å². The molecule has 4 rings (SSSR count). The maximum atomic E-state index is 13.4. The van der Waals surface area contributed by atoms with E-state index in [4.69, 9.17) is 9.47 Å². The van der Waals surface area contributed by atoms with Crippen LogP contribution in [-0.2, 0) is 11.2 Å². The van der Waals surface area contributed by atoms with E-state index in [1.54, 1.807) is 13.2 Å². The molecule has 1 aliphatic heterocycles. The van der Waals surface area contributed by atoms with Gasteiger partial charge in [0.05, 0.1) is 19.2 Å². The minimum absolute atomic E-state index is 0.255. The van der Waals surface area contributed by atoms with Crippen LogP contribution in [0.5, 0.6) is 11.5 Å². The van der Waals surface area contributed by atoms with Crippen LogP contribution in [0.15, 0.2) is 36.4 Å². The van der Waals surface area contributed by atoms with E-state index in [1.165, 1.54) is 12.1 Å². The first kappa shape index (κ1) is 22.1. The van der Waals surface area contributed by atoms with Crippen LogP contribution in [0.1, 0.15) is 18.4 Å². The quantitative estimate of drug-likeness (QED) is 0.385. The summed E-state index contributed by atoms with van der Waals surface area (Å²) < 4.78 is 24.7. The molecule has 0 bridgehead atoms. The van der Waals surface area contributed by atoms with Crippen molar-refractivity contribution in [1.82, 2.24) is 15.1 Å². The second-order valence-corrected chi connectivity index (χ2v) is 7.98. The predicted octanol–water partition coefficient (Wildman–Crippen LogP) is 3.43. The van der Waals surface area contributed by atoms with Gasteiger partial charge >= 0.3 is 0 Å². The molecule has 0 amide bonds. The molecule has 8 heteroatoms. The molecule has 32 heavy (non-hydrogen) atoms. The molecule has 0 radical (unpaired) electrons. The molecule has 1 fully saturated rings. The summed E-state index contributed by atoms with van der Waals surface area (Å²) in [5.41, 5.74) is 1.65. The maximum absolute atomic E-state index is 13.4. The fraction of sp³-hybridized carbons (Fsp3) is 0.417. The van der Waals surface area contributed by atoms with E-state index >= 15 is 0 Å². The Labute approximate surface area is 187 Å². The highest BCUT2D eigenvalue weighted by Gasteiger charge is 2.20. The zero-order valence-corrected chi connectivity index (χ0v) is 18.3. The van der Waals surface area contributed by atoms with Gasteiger partial charge in [-0.2, -0.15) is 5.10 Å². The van der Waals surface area contributed by atoms with E-state index in [2.05, 4.69) is 20.0 Å². The van der Waals surface area contributed by atoms with Crippen LogP contribution < -0.4 is 14.4 Å². The summed E-state index contributed by atoms with van der Waals surface area (Å²) >= 11 is 0. The lowest BCUT2D eigenvalue weighted by atomic mass is 10.1. The molecule has 1 aromatic heterocycles. The molecule has 0 unspecified atom stereocenters. The lowest BCUT2D eigenvalue weighted by Crippen LogP contribution is -2.46. The van der Waals surface area contributed by atoms with Crippen LogP contribution in [0.25, 0.3) is 10.9 Å². The Morgan fingerprint density at radius 3 is 2.72 bits per heavy atom. The molecule has 0 saturated carbocycles. The van der Waals surface area contributed by atoms with Gasteiger partial charge in [-0.15, -0.1) is 0 Å². The minimum atomic E-state index is -0.255. The van der Waals surface area contributed by atoms with Crippen LogP contribution in [0, 0.1) is 5.82 Å². The van der Waals surface area contributed by atoms with Gasteiger partial charge in [0, 0.05) is 38.0 Å². The van der Waals surface area contributed by atoms with Crippen molar-refractivity contribution < 1.29 is 18.7 Å². The highest BCUT2D eigenvalue weighted by atomic mass is 19.1. The highest BCUT2D eigenvalue weighted by Crippen LogP contribution is 2.28. The molecule has 0 atom stereocenters. The number of ether oxygens (including phenoxy) is 2. The van der Waals surface area contributed by atoms with Crippen LogP contribution in [-0.4, -0.2) is 67.8 Å². The van der Waals surface area contributed by atoms with Crippen LogP contribution in [0.4, 0.5) is 10.2 Å². The monoisotopic (exact) mass is 440 g/mol. The highest BCUT2D eigenvalue weighted by molar-refractivity contribution is 5.90. The largest absolute Gasteiger partial charge is 0.493 e. The number of benzene rings is 2. The number of carbonyl (C=O) groups is 1. The van der Waals surface area contributed by atoms with Crippen LogP contribution >= 0.6 is 0 Å². The first-order valence-corrected chi connectivity index (χ1v) is 11.0. The first-order valence-electron chi connectivity index (χ1n) is 11.0. The Morgan fingerprint density at radius 1 is 1.09 bits per heavy atom. The first-order chi connectivity index (χ1) is 15.7. The Morgan fingerprint density at radius 2 is 1.94 bits per heavy atom. The van der Waals surface area contributed by atoms with Gasteiger partial charge in [-0.25, -0.2) is 4.39 Å². The number of methoxy groups -OCH3 is 1. The summed E-state index contributed by atoms with van der Waals surface area (Å²) in [6.45, 7) is 5.40. The maximum Gasteiger partial charge on any atom is 0.161 e. The Balaban J connectivity index is 1.18. The van der Waals surface area contributed by atoms with Gasteiger partial charge in [-0.05, 0) is 55.3 Å². The van der Waals surface area contributed by atoms with Crippen molar-refractivity contribution in [3.63, 3.8) is 0 Å². The van der Waals surface area contributed by atoms with E-state index in [-0.39, 0.29) is 5.82 Å². The molecule has 170 valence electrons. The summed E-state index contributed by atoms with van der Waals surface area (Å²) in [6, 6.07) is 10.4. The number of hydrogen-bond donors (Lipinski definition) is 1. The third-order valence-corrected chi connectivity index (χ3v) is 5.85. The summed E-state index contributed by atoms with van der Waals surface area (Å²) in [5, 5.41) is 8.30. The number of carbonyl (C=O) groups excluding carboxylic acids is 1. The fourth-order valence-electron chi connectivity index (χ4n) is 4.08. The summed E-state index contributed by atoms with van der Waals surface area (Å²) in [4.78, 5) is 15.4. The van der Waals surface area contributed by atoms with Gasteiger partial charge in [0.1, 0.15) is 12.1 Å². The number of unbranched alkanes of at least 4 members (excludes halogenated alkanes) is 1. The van der Waals surface area contributed by atoms with Gasteiger partial charge in [0.15, 0.2) is 17.3 Å². The van der Waals surface area contributed by atoms with Crippen LogP contribution in [0.2, 0.25) is 0 Å². The van der Waals surface area contributed by atoms with Crippen molar-refractivity contribution >= 4 is 23.0 Å². The van der Waals surface area contributed by atoms with Crippen molar-refractivity contribution in [3.8, 4) is 11.5 Å². The van der Waals surface area contributed by atoms with Crippen molar-refractivity contribution in [1.29, 1.82) is 0 Å². The third kappa shape index (κ3) is 5.19. The number of aromatic amines is 1.